The van der Waals surface area contributed by atoms with Crippen LogP contribution in [0.15, 0.2) is 199 Å². The number of rotatable bonds is 5. The first-order valence-electron chi connectivity index (χ1n) is 23.4. The molecule has 1 aliphatic carbocycles. The van der Waals surface area contributed by atoms with E-state index in [-0.39, 0.29) is 10.8 Å². The summed E-state index contributed by atoms with van der Waals surface area (Å²) in [5, 5.41) is 6.25. The molecule has 1 N–H and O–H groups in total. The maximum absolute atomic E-state index is 7.16. The summed E-state index contributed by atoms with van der Waals surface area (Å²) in [6.07, 6.45) is 0. The fraction of sp³-hybridized carbons (Fsp3) is 0.129. The topological polar surface area (TPSA) is 28.4 Å². The number of hydrogen-bond acceptors (Lipinski definition) is 3. The number of fused-ring (bicyclic) bond motifs is 10. The van der Waals surface area contributed by atoms with E-state index in [1.807, 2.05) is 0 Å². The van der Waals surface area contributed by atoms with E-state index in [0.29, 0.717) is 0 Å². The van der Waals surface area contributed by atoms with E-state index >= 15 is 0 Å². The molecule has 0 unspecified atom stereocenters. The maximum Gasteiger partial charge on any atom is 0.198 e. The SMILES string of the molecule is CC(C)(C)c1ccc(Nc2cc3c(cc2-c2c4c(cc5c2oc2ccccc25)N2c5ccccc5C(c5ccccc5)(c5ccccc5)c5cccc(c52)B4)C(C)(C)c2ccccc2-3)cc1. The largest absolute Gasteiger partial charge is 0.455 e. The van der Waals surface area contributed by atoms with Gasteiger partial charge in [-0.2, -0.15) is 0 Å². The van der Waals surface area contributed by atoms with Crippen LogP contribution in [-0.2, 0) is 16.2 Å². The summed E-state index contributed by atoms with van der Waals surface area (Å²) in [4.78, 5) is 2.60. The Balaban J connectivity index is 1.13. The van der Waals surface area contributed by atoms with Crippen LogP contribution >= 0.6 is 0 Å². The lowest BCUT2D eigenvalue weighted by Crippen LogP contribution is -2.47. The van der Waals surface area contributed by atoms with E-state index < -0.39 is 5.41 Å². The lowest BCUT2D eigenvalue weighted by Gasteiger charge is -2.49. The monoisotopic (exact) mass is 848 g/mol. The summed E-state index contributed by atoms with van der Waals surface area (Å²) >= 11 is 0. The summed E-state index contributed by atoms with van der Waals surface area (Å²) < 4.78 is 7.16. The molecule has 13 rings (SSSR count). The van der Waals surface area contributed by atoms with Crippen LogP contribution in [-0.4, -0.2) is 7.28 Å². The van der Waals surface area contributed by atoms with E-state index in [0.717, 1.165) is 51.7 Å². The van der Waals surface area contributed by atoms with E-state index in [2.05, 4.69) is 239 Å². The molecule has 3 aliphatic rings. The second-order valence-corrected chi connectivity index (χ2v) is 20.1. The van der Waals surface area contributed by atoms with Gasteiger partial charge in [-0.05, 0) is 103 Å². The number of hydrogen-bond donors (Lipinski definition) is 1. The minimum atomic E-state index is -0.548. The number of para-hydroxylation sites is 3. The van der Waals surface area contributed by atoms with Crippen LogP contribution in [0.25, 0.3) is 44.2 Å². The molecule has 0 saturated heterocycles. The summed E-state index contributed by atoms with van der Waals surface area (Å²) in [7, 11) is 0.736. The molecule has 316 valence electrons. The van der Waals surface area contributed by atoms with Crippen LogP contribution in [0.3, 0.4) is 0 Å². The van der Waals surface area contributed by atoms with Crippen molar-refractivity contribution in [1.82, 2.24) is 0 Å². The highest BCUT2D eigenvalue weighted by molar-refractivity contribution is 6.74. The molecule has 1 aromatic heterocycles. The third kappa shape index (κ3) is 5.39. The zero-order valence-corrected chi connectivity index (χ0v) is 38.0. The van der Waals surface area contributed by atoms with Gasteiger partial charge in [-0.15, -0.1) is 0 Å². The lowest BCUT2D eigenvalue weighted by molar-refractivity contribution is 0.590. The summed E-state index contributed by atoms with van der Waals surface area (Å²) in [6.45, 7) is 11.6. The van der Waals surface area contributed by atoms with Crippen molar-refractivity contribution in [2.45, 2.75) is 50.9 Å². The van der Waals surface area contributed by atoms with Crippen molar-refractivity contribution in [3.8, 4) is 22.3 Å². The number of anilines is 5. The third-order valence-corrected chi connectivity index (χ3v) is 15.1. The minimum Gasteiger partial charge on any atom is -0.455 e. The fourth-order valence-electron chi connectivity index (χ4n) is 12.0. The number of furan rings is 1. The molecule has 0 bridgehead atoms. The van der Waals surface area contributed by atoms with Crippen molar-refractivity contribution in [3.05, 3.63) is 233 Å². The second kappa shape index (κ2) is 14.0. The van der Waals surface area contributed by atoms with E-state index in [4.69, 9.17) is 4.42 Å². The molecule has 10 aromatic rings. The van der Waals surface area contributed by atoms with Gasteiger partial charge in [0.25, 0.3) is 0 Å². The van der Waals surface area contributed by atoms with Crippen LogP contribution in [0.5, 0.6) is 0 Å². The fourth-order valence-corrected chi connectivity index (χ4v) is 12.0. The van der Waals surface area contributed by atoms with E-state index in [9.17, 15) is 0 Å². The highest BCUT2D eigenvalue weighted by Gasteiger charge is 2.49. The van der Waals surface area contributed by atoms with Gasteiger partial charge in [0.05, 0.1) is 11.1 Å². The molecular formula is C62H49BN2O. The first-order chi connectivity index (χ1) is 32.1. The van der Waals surface area contributed by atoms with Crippen LogP contribution < -0.4 is 21.1 Å². The Labute approximate surface area is 387 Å². The van der Waals surface area contributed by atoms with Crippen LogP contribution in [0.2, 0.25) is 0 Å². The van der Waals surface area contributed by atoms with Crippen molar-refractivity contribution in [1.29, 1.82) is 0 Å². The summed E-state index contributed by atoms with van der Waals surface area (Å²) in [6, 6.07) is 72.3. The predicted molar refractivity (Wildman–Crippen MR) is 278 cm³/mol. The van der Waals surface area contributed by atoms with Gasteiger partial charge in [-0.3, -0.25) is 0 Å². The molecule has 2 aliphatic heterocycles. The average molecular weight is 849 g/mol. The molecule has 3 heterocycles. The standard InChI is InChI=1S/C62H49BN2O/c1-60(2,3)38-31-33-41(34-32-38)64-52-36-44-42-23-12-14-25-47(42)61(4,5)50(44)35-46(52)56-57-54(37-45-43-24-13-17-30-55(43)66-59(45)56)65-53-29-16-15-26-48(53)62(39-19-8-6-9-20-39,40-21-10-7-11-22-40)49-27-18-28-51(63-57)58(49)65/h6-37,63-64H,1-5H3. The van der Waals surface area contributed by atoms with Gasteiger partial charge >= 0.3 is 0 Å². The molecule has 3 nitrogen and oxygen atoms in total. The molecular weight excluding hydrogens is 800 g/mol. The van der Waals surface area contributed by atoms with Crippen LogP contribution in [0.4, 0.5) is 28.4 Å². The molecule has 0 amide bonds. The van der Waals surface area contributed by atoms with Crippen molar-refractivity contribution >= 4 is 68.6 Å². The van der Waals surface area contributed by atoms with Gasteiger partial charge in [0.2, 0.25) is 0 Å². The Hall–Kier alpha value is -7.56. The van der Waals surface area contributed by atoms with Gasteiger partial charge in [0.1, 0.15) is 11.2 Å². The number of benzene rings is 9. The zero-order chi connectivity index (χ0) is 44.5. The number of nitrogens with one attached hydrogen (secondary N) is 1. The van der Waals surface area contributed by atoms with Crippen LogP contribution in [0.1, 0.15) is 73.6 Å². The highest BCUT2D eigenvalue weighted by Crippen LogP contribution is 2.59. The van der Waals surface area contributed by atoms with Gasteiger partial charge in [0, 0.05) is 50.1 Å². The molecule has 0 fully saturated rings. The Kier molecular flexibility index (Phi) is 8.23. The summed E-state index contributed by atoms with van der Waals surface area (Å²) in [5.41, 5.74) is 23.3. The van der Waals surface area contributed by atoms with Crippen molar-refractivity contribution in [2.75, 3.05) is 10.2 Å². The van der Waals surface area contributed by atoms with E-state index in [1.54, 1.807) is 0 Å². The molecule has 4 heteroatoms. The smallest absolute Gasteiger partial charge is 0.198 e. The van der Waals surface area contributed by atoms with Crippen molar-refractivity contribution < 1.29 is 4.42 Å². The van der Waals surface area contributed by atoms with Gasteiger partial charge < -0.3 is 14.6 Å². The quantitative estimate of drug-likeness (QED) is 0.175. The molecule has 0 saturated carbocycles. The van der Waals surface area contributed by atoms with E-state index in [1.165, 1.54) is 78.1 Å². The summed E-state index contributed by atoms with van der Waals surface area (Å²) in [5.74, 6) is 0. The first-order valence-corrected chi connectivity index (χ1v) is 23.4. The van der Waals surface area contributed by atoms with Gasteiger partial charge in [0.15, 0.2) is 7.28 Å². The van der Waals surface area contributed by atoms with Crippen LogP contribution in [0, 0.1) is 0 Å². The Morgan fingerprint density at radius 1 is 0.530 bits per heavy atom. The van der Waals surface area contributed by atoms with Crippen molar-refractivity contribution in [2.24, 2.45) is 0 Å². The maximum atomic E-state index is 7.16. The molecule has 0 spiro atoms. The third-order valence-electron chi connectivity index (χ3n) is 15.1. The Bertz CT molecular complexity index is 3560. The lowest BCUT2D eigenvalue weighted by atomic mass is 9.54. The number of nitrogens with zero attached hydrogens (tertiary/aromatic N) is 1. The molecule has 9 aromatic carbocycles. The van der Waals surface area contributed by atoms with Gasteiger partial charge in [-0.1, -0.05) is 192 Å². The Morgan fingerprint density at radius 2 is 1.18 bits per heavy atom. The highest BCUT2D eigenvalue weighted by atomic mass is 16.3. The minimum absolute atomic E-state index is 0.0492. The average Bonchev–Trinajstić information content (AvgIpc) is 3.82. The molecule has 0 atom stereocenters. The normalized spacial score (nSPS) is 14.8. The first kappa shape index (κ1) is 38.9. The zero-order valence-electron chi connectivity index (χ0n) is 38.0. The predicted octanol–water partition coefficient (Wildman–Crippen LogP) is 14.5. The van der Waals surface area contributed by atoms with Gasteiger partial charge in [-0.25, -0.2) is 0 Å². The van der Waals surface area contributed by atoms with Crippen molar-refractivity contribution in [3.63, 3.8) is 0 Å². The molecule has 0 radical (unpaired) electrons. The molecule has 66 heavy (non-hydrogen) atoms. The second-order valence-electron chi connectivity index (χ2n) is 20.1. The Morgan fingerprint density at radius 3 is 1.92 bits per heavy atom.